The van der Waals surface area contributed by atoms with Gasteiger partial charge in [0.25, 0.3) is 5.91 Å². The minimum atomic E-state index is -0.653. The van der Waals surface area contributed by atoms with Crippen LogP contribution in [0.4, 0.5) is 5.69 Å². The Hall–Kier alpha value is -2.70. The number of hydrogen-bond donors (Lipinski definition) is 2. The minimum Gasteiger partial charge on any atom is -0.326 e. The van der Waals surface area contributed by atoms with Crippen molar-refractivity contribution in [3.63, 3.8) is 0 Å². The smallest absolute Gasteiger partial charge is 0.255 e. The fourth-order valence-electron chi connectivity index (χ4n) is 3.63. The number of unbranched alkanes of at least 4 members (excludes halogenated alkanes) is 3. The Morgan fingerprint density at radius 3 is 2.78 bits per heavy atom. The number of rotatable bonds is 7. The van der Waals surface area contributed by atoms with E-state index in [0.29, 0.717) is 24.1 Å². The molecular weight excluding hydrogens is 346 g/mol. The summed E-state index contributed by atoms with van der Waals surface area (Å²) in [5.74, 6) is -1.05. The van der Waals surface area contributed by atoms with E-state index >= 15 is 0 Å². The van der Waals surface area contributed by atoms with Crippen LogP contribution in [-0.2, 0) is 20.9 Å². The largest absolute Gasteiger partial charge is 0.326 e. The van der Waals surface area contributed by atoms with Crippen LogP contribution in [0.1, 0.15) is 67.8 Å². The van der Waals surface area contributed by atoms with Crippen LogP contribution in [0.5, 0.6) is 0 Å². The van der Waals surface area contributed by atoms with Gasteiger partial charge < -0.3 is 10.2 Å². The highest BCUT2D eigenvalue weighted by molar-refractivity contribution is 6.06. The molecule has 0 aromatic heterocycles. The Morgan fingerprint density at radius 1 is 1.22 bits per heavy atom. The summed E-state index contributed by atoms with van der Waals surface area (Å²) >= 11 is 0. The van der Waals surface area contributed by atoms with E-state index in [1.807, 2.05) is 0 Å². The number of fused-ring (bicyclic) bond motifs is 1. The van der Waals surface area contributed by atoms with E-state index < -0.39 is 11.9 Å². The molecule has 2 aliphatic heterocycles. The first-order chi connectivity index (χ1) is 13.0. The van der Waals surface area contributed by atoms with Crippen molar-refractivity contribution >= 4 is 29.3 Å². The number of carbonyl (C=O) groups is 4. The Balaban J connectivity index is 1.69. The first-order valence-corrected chi connectivity index (χ1v) is 9.57. The quantitative estimate of drug-likeness (QED) is 0.568. The zero-order valence-electron chi connectivity index (χ0n) is 15.5. The van der Waals surface area contributed by atoms with E-state index in [2.05, 4.69) is 17.6 Å². The number of anilines is 1. The van der Waals surface area contributed by atoms with Gasteiger partial charge in [0.2, 0.25) is 17.7 Å². The van der Waals surface area contributed by atoms with Gasteiger partial charge in [-0.15, -0.1) is 0 Å². The van der Waals surface area contributed by atoms with Crippen molar-refractivity contribution in [2.45, 2.75) is 64.5 Å². The predicted molar refractivity (Wildman–Crippen MR) is 99.9 cm³/mol. The summed E-state index contributed by atoms with van der Waals surface area (Å²) < 4.78 is 0. The second-order valence-corrected chi connectivity index (χ2v) is 7.09. The molecule has 2 heterocycles. The lowest BCUT2D eigenvalue weighted by Crippen LogP contribution is -2.52. The zero-order chi connectivity index (χ0) is 19.4. The van der Waals surface area contributed by atoms with Crippen molar-refractivity contribution in [2.24, 2.45) is 0 Å². The molecule has 4 amide bonds. The molecule has 0 spiro atoms. The normalized spacial score (nSPS) is 19.1. The number of amides is 4. The van der Waals surface area contributed by atoms with Gasteiger partial charge in [-0.3, -0.25) is 24.5 Å². The zero-order valence-corrected chi connectivity index (χ0v) is 15.5. The van der Waals surface area contributed by atoms with Crippen molar-refractivity contribution in [1.82, 2.24) is 10.2 Å². The average molecular weight is 371 g/mol. The van der Waals surface area contributed by atoms with Gasteiger partial charge >= 0.3 is 0 Å². The van der Waals surface area contributed by atoms with Crippen LogP contribution in [0.2, 0.25) is 0 Å². The maximum atomic E-state index is 12.8. The molecule has 2 N–H and O–H groups in total. The Bertz CT molecular complexity index is 774. The fraction of sp³-hybridized carbons (Fsp3) is 0.500. The Labute approximate surface area is 158 Å². The van der Waals surface area contributed by atoms with E-state index in [0.717, 1.165) is 31.2 Å². The van der Waals surface area contributed by atoms with Crippen LogP contribution < -0.4 is 10.6 Å². The number of nitrogens with zero attached hydrogens (tertiary/aromatic N) is 1. The molecule has 1 unspecified atom stereocenters. The average Bonchev–Trinajstić information content (AvgIpc) is 2.97. The van der Waals surface area contributed by atoms with Gasteiger partial charge in [0, 0.05) is 36.2 Å². The van der Waals surface area contributed by atoms with E-state index in [-0.39, 0.29) is 30.7 Å². The Morgan fingerprint density at radius 2 is 2.04 bits per heavy atom. The lowest BCUT2D eigenvalue weighted by atomic mass is 10.0. The van der Waals surface area contributed by atoms with Crippen molar-refractivity contribution in [1.29, 1.82) is 0 Å². The monoisotopic (exact) mass is 371 g/mol. The standard InChI is InChI=1S/C20H25N3O4/c1-2-3-4-5-9-17(24)21-15-8-6-7-13-14(15)12-23(20(13)27)16-10-11-18(25)22-19(16)26/h6-8,16H,2-5,9-12H2,1H3,(H,21,24)(H,22,25,26). The molecule has 144 valence electrons. The number of hydrogen-bond acceptors (Lipinski definition) is 4. The highest BCUT2D eigenvalue weighted by atomic mass is 16.2. The summed E-state index contributed by atoms with van der Waals surface area (Å²) in [6.45, 7) is 2.38. The topological polar surface area (TPSA) is 95.6 Å². The van der Waals surface area contributed by atoms with Crippen LogP contribution in [0, 0.1) is 0 Å². The lowest BCUT2D eigenvalue weighted by molar-refractivity contribution is -0.137. The summed E-state index contributed by atoms with van der Waals surface area (Å²) in [5, 5.41) is 5.20. The molecule has 27 heavy (non-hydrogen) atoms. The molecule has 1 aromatic rings. The molecule has 0 radical (unpaired) electrons. The third kappa shape index (κ3) is 4.18. The molecule has 1 atom stereocenters. The molecule has 3 rings (SSSR count). The molecule has 1 fully saturated rings. The van der Waals surface area contributed by atoms with Gasteiger partial charge in [0.05, 0.1) is 0 Å². The summed E-state index contributed by atoms with van der Waals surface area (Å²) in [5.41, 5.74) is 1.86. The number of imide groups is 1. The van der Waals surface area contributed by atoms with Gasteiger partial charge in [0.1, 0.15) is 6.04 Å². The van der Waals surface area contributed by atoms with Crippen molar-refractivity contribution in [3.8, 4) is 0 Å². The summed E-state index contributed by atoms with van der Waals surface area (Å²) in [7, 11) is 0. The lowest BCUT2D eigenvalue weighted by Gasteiger charge is -2.29. The van der Waals surface area contributed by atoms with E-state index in [1.165, 1.54) is 4.90 Å². The molecule has 0 saturated carbocycles. The third-order valence-corrected chi connectivity index (χ3v) is 5.11. The molecule has 0 aliphatic carbocycles. The molecule has 2 aliphatic rings. The summed E-state index contributed by atoms with van der Waals surface area (Å²) in [6.07, 6.45) is 5.10. The summed E-state index contributed by atoms with van der Waals surface area (Å²) in [4.78, 5) is 49.9. The highest BCUT2D eigenvalue weighted by Crippen LogP contribution is 2.32. The first-order valence-electron chi connectivity index (χ1n) is 9.57. The summed E-state index contributed by atoms with van der Waals surface area (Å²) in [6, 6.07) is 4.57. The van der Waals surface area contributed by atoms with Gasteiger partial charge in [-0.1, -0.05) is 32.3 Å². The predicted octanol–water partition coefficient (Wildman–Crippen LogP) is 2.36. The van der Waals surface area contributed by atoms with Crippen LogP contribution >= 0.6 is 0 Å². The fourth-order valence-corrected chi connectivity index (χ4v) is 3.63. The van der Waals surface area contributed by atoms with Crippen LogP contribution in [-0.4, -0.2) is 34.6 Å². The van der Waals surface area contributed by atoms with Crippen molar-refractivity contribution in [3.05, 3.63) is 29.3 Å². The maximum absolute atomic E-state index is 12.8. The molecule has 7 heteroatoms. The maximum Gasteiger partial charge on any atom is 0.255 e. The first kappa shape index (κ1) is 19.1. The van der Waals surface area contributed by atoms with Crippen molar-refractivity contribution < 1.29 is 19.2 Å². The van der Waals surface area contributed by atoms with Gasteiger partial charge in [-0.2, -0.15) is 0 Å². The molecular formula is C20H25N3O4. The highest BCUT2D eigenvalue weighted by Gasteiger charge is 2.39. The minimum absolute atomic E-state index is 0.0635. The van der Waals surface area contributed by atoms with Gasteiger partial charge in [-0.25, -0.2) is 0 Å². The van der Waals surface area contributed by atoms with E-state index in [1.54, 1.807) is 18.2 Å². The number of piperidine rings is 1. The molecule has 1 saturated heterocycles. The number of carbonyl (C=O) groups excluding carboxylic acids is 4. The molecule has 1 aromatic carbocycles. The van der Waals surface area contributed by atoms with Crippen LogP contribution in [0.3, 0.4) is 0 Å². The Kier molecular flexibility index (Phi) is 5.88. The van der Waals surface area contributed by atoms with E-state index in [9.17, 15) is 19.2 Å². The molecule has 0 bridgehead atoms. The number of benzene rings is 1. The van der Waals surface area contributed by atoms with Crippen molar-refractivity contribution in [2.75, 3.05) is 5.32 Å². The van der Waals surface area contributed by atoms with Crippen LogP contribution in [0.15, 0.2) is 18.2 Å². The SMILES string of the molecule is CCCCCCC(=O)Nc1cccc2c1CN(C1CCC(=O)NC1=O)C2=O. The second kappa shape index (κ2) is 8.33. The van der Waals surface area contributed by atoms with Gasteiger partial charge in [0.15, 0.2) is 0 Å². The van der Waals surface area contributed by atoms with Gasteiger partial charge in [-0.05, 0) is 25.0 Å². The molecule has 7 nitrogen and oxygen atoms in total. The van der Waals surface area contributed by atoms with E-state index in [4.69, 9.17) is 0 Å². The second-order valence-electron chi connectivity index (χ2n) is 7.09. The van der Waals surface area contributed by atoms with Crippen LogP contribution in [0.25, 0.3) is 0 Å². The number of nitrogens with one attached hydrogen (secondary N) is 2. The third-order valence-electron chi connectivity index (χ3n) is 5.11.